The van der Waals surface area contributed by atoms with Crippen molar-refractivity contribution >= 4 is 11.7 Å². The third-order valence-corrected chi connectivity index (χ3v) is 4.64. The third-order valence-electron chi connectivity index (χ3n) is 4.64. The van der Waals surface area contributed by atoms with Gasteiger partial charge in [0.25, 0.3) is 0 Å². The number of hydrogen-bond acceptors (Lipinski definition) is 3. The Kier molecular flexibility index (Phi) is 5.66. The molecule has 1 aromatic rings. The number of nitrogens with one attached hydrogen (secondary N) is 1. The molecular formula is C18H27NO2. The molecule has 1 saturated carbocycles. The summed E-state index contributed by atoms with van der Waals surface area (Å²) in [4.78, 5) is 11.7. The van der Waals surface area contributed by atoms with Crippen LogP contribution in [0.5, 0.6) is 0 Å². The Bertz CT molecular complexity index is 476. The predicted molar refractivity (Wildman–Crippen MR) is 86.8 cm³/mol. The van der Waals surface area contributed by atoms with Crippen LogP contribution in [0.3, 0.4) is 0 Å². The number of hydrogen-bond donors (Lipinski definition) is 1. The van der Waals surface area contributed by atoms with E-state index in [0.29, 0.717) is 11.6 Å². The van der Waals surface area contributed by atoms with Gasteiger partial charge in [0.05, 0.1) is 12.7 Å². The number of carbonyl (C=O) groups excluding carboxylic acids is 1. The summed E-state index contributed by atoms with van der Waals surface area (Å²) in [6, 6.07) is 6.33. The van der Waals surface area contributed by atoms with Crippen molar-refractivity contribution in [1.82, 2.24) is 0 Å². The van der Waals surface area contributed by atoms with E-state index in [1.165, 1.54) is 45.6 Å². The van der Waals surface area contributed by atoms with Crippen LogP contribution in [0, 0.1) is 12.8 Å². The number of methoxy groups -OCH3 is 1. The topological polar surface area (TPSA) is 38.3 Å². The molecule has 0 aromatic heterocycles. The normalized spacial score (nSPS) is 21.9. The lowest BCUT2D eigenvalue weighted by atomic mass is 9.83. The second-order valence-corrected chi connectivity index (χ2v) is 6.12. The summed E-state index contributed by atoms with van der Waals surface area (Å²) in [5.74, 6) is 0.651. The van der Waals surface area contributed by atoms with Crippen LogP contribution in [0.4, 0.5) is 5.69 Å². The predicted octanol–water partition coefficient (Wildman–Crippen LogP) is 4.55. The van der Waals surface area contributed by atoms with Gasteiger partial charge in [-0.15, -0.1) is 0 Å². The van der Waals surface area contributed by atoms with E-state index >= 15 is 0 Å². The minimum absolute atomic E-state index is 0.261. The molecule has 0 amide bonds. The largest absolute Gasteiger partial charge is 0.465 e. The maximum atomic E-state index is 11.7. The van der Waals surface area contributed by atoms with E-state index in [-0.39, 0.29) is 5.97 Å². The highest BCUT2D eigenvalue weighted by atomic mass is 16.5. The molecule has 0 spiro atoms. The van der Waals surface area contributed by atoms with Crippen LogP contribution in [-0.4, -0.2) is 19.1 Å². The van der Waals surface area contributed by atoms with Crippen molar-refractivity contribution in [2.24, 2.45) is 5.92 Å². The van der Waals surface area contributed by atoms with E-state index < -0.39 is 0 Å². The summed E-state index contributed by atoms with van der Waals surface area (Å²) >= 11 is 0. The molecule has 2 rings (SSSR count). The van der Waals surface area contributed by atoms with Crippen LogP contribution < -0.4 is 5.32 Å². The highest BCUT2D eigenvalue weighted by molar-refractivity contribution is 5.92. The zero-order valence-electron chi connectivity index (χ0n) is 13.4. The van der Waals surface area contributed by atoms with Crippen LogP contribution in [0.2, 0.25) is 0 Å². The first-order valence-corrected chi connectivity index (χ1v) is 8.10. The molecule has 0 unspecified atom stereocenters. The van der Waals surface area contributed by atoms with Gasteiger partial charge in [-0.1, -0.05) is 25.8 Å². The molecule has 0 radical (unpaired) electrons. The third kappa shape index (κ3) is 3.99. The Morgan fingerprint density at radius 1 is 1.29 bits per heavy atom. The molecule has 3 heteroatoms. The Labute approximate surface area is 128 Å². The van der Waals surface area contributed by atoms with Crippen molar-refractivity contribution in [3.63, 3.8) is 0 Å². The van der Waals surface area contributed by atoms with E-state index in [2.05, 4.69) is 18.3 Å². The molecular weight excluding hydrogens is 262 g/mol. The van der Waals surface area contributed by atoms with Gasteiger partial charge in [0.1, 0.15) is 0 Å². The van der Waals surface area contributed by atoms with Crippen LogP contribution in [0.15, 0.2) is 18.2 Å². The van der Waals surface area contributed by atoms with E-state index in [1.807, 2.05) is 19.1 Å². The standard InChI is InChI=1S/C18H27NO2/c1-4-6-14-9-11-15(12-10-14)19-17-8-5-7-16(13(17)2)18(20)21-3/h5,7-8,14-15,19H,4,6,9-12H2,1-3H3. The SMILES string of the molecule is CCCC1CCC(Nc2cccc(C(=O)OC)c2C)CC1. The maximum absolute atomic E-state index is 11.7. The fraction of sp³-hybridized carbons (Fsp3) is 0.611. The molecule has 1 N–H and O–H groups in total. The van der Waals surface area contributed by atoms with Crippen molar-refractivity contribution in [1.29, 1.82) is 0 Å². The first kappa shape index (κ1) is 15.9. The Hall–Kier alpha value is -1.51. The molecule has 0 atom stereocenters. The molecule has 1 aliphatic rings. The molecule has 0 bridgehead atoms. The molecule has 3 nitrogen and oxygen atoms in total. The van der Waals surface area contributed by atoms with Gasteiger partial charge in [-0.05, 0) is 56.2 Å². The molecule has 0 heterocycles. The minimum Gasteiger partial charge on any atom is -0.465 e. The number of esters is 1. The van der Waals surface area contributed by atoms with Crippen molar-refractivity contribution in [3.8, 4) is 0 Å². The average Bonchev–Trinajstić information content (AvgIpc) is 2.51. The summed E-state index contributed by atoms with van der Waals surface area (Å²) in [6.45, 7) is 4.25. The molecule has 0 aliphatic heterocycles. The van der Waals surface area contributed by atoms with Crippen LogP contribution in [-0.2, 0) is 4.74 Å². The monoisotopic (exact) mass is 289 g/mol. The van der Waals surface area contributed by atoms with Gasteiger partial charge < -0.3 is 10.1 Å². The number of rotatable bonds is 5. The van der Waals surface area contributed by atoms with Gasteiger partial charge in [0.15, 0.2) is 0 Å². The highest BCUT2D eigenvalue weighted by Gasteiger charge is 2.21. The summed E-state index contributed by atoms with van der Waals surface area (Å²) in [6.07, 6.45) is 7.76. The molecule has 0 saturated heterocycles. The van der Waals surface area contributed by atoms with Gasteiger partial charge in [-0.2, -0.15) is 0 Å². The van der Waals surface area contributed by atoms with Crippen LogP contribution >= 0.6 is 0 Å². The van der Waals surface area contributed by atoms with Crippen molar-refractivity contribution in [3.05, 3.63) is 29.3 Å². The van der Waals surface area contributed by atoms with E-state index in [9.17, 15) is 4.79 Å². The molecule has 21 heavy (non-hydrogen) atoms. The Morgan fingerprint density at radius 2 is 2.00 bits per heavy atom. The first-order valence-electron chi connectivity index (χ1n) is 8.10. The fourth-order valence-electron chi connectivity index (χ4n) is 3.35. The number of benzene rings is 1. The van der Waals surface area contributed by atoms with E-state index in [1.54, 1.807) is 0 Å². The van der Waals surface area contributed by atoms with Gasteiger partial charge in [-0.3, -0.25) is 0 Å². The zero-order valence-corrected chi connectivity index (χ0v) is 13.4. The van der Waals surface area contributed by atoms with Crippen molar-refractivity contribution in [2.45, 2.75) is 58.4 Å². The van der Waals surface area contributed by atoms with Crippen molar-refractivity contribution in [2.75, 3.05) is 12.4 Å². The van der Waals surface area contributed by atoms with E-state index in [0.717, 1.165) is 17.2 Å². The Morgan fingerprint density at radius 3 is 2.62 bits per heavy atom. The second kappa shape index (κ2) is 7.48. The summed E-state index contributed by atoms with van der Waals surface area (Å²) in [5.41, 5.74) is 2.71. The summed E-state index contributed by atoms with van der Waals surface area (Å²) in [5, 5.41) is 3.62. The van der Waals surface area contributed by atoms with Gasteiger partial charge >= 0.3 is 5.97 Å². The molecule has 1 aliphatic carbocycles. The quantitative estimate of drug-likeness (QED) is 0.808. The van der Waals surface area contributed by atoms with Gasteiger partial charge in [0.2, 0.25) is 0 Å². The number of anilines is 1. The minimum atomic E-state index is -0.261. The van der Waals surface area contributed by atoms with Gasteiger partial charge in [-0.25, -0.2) is 4.79 Å². The van der Waals surface area contributed by atoms with E-state index in [4.69, 9.17) is 4.74 Å². The smallest absolute Gasteiger partial charge is 0.338 e. The van der Waals surface area contributed by atoms with Crippen LogP contribution in [0.25, 0.3) is 0 Å². The molecule has 116 valence electrons. The lowest BCUT2D eigenvalue weighted by Crippen LogP contribution is -2.26. The van der Waals surface area contributed by atoms with Crippen LogP contribution in [0.1, 0.15) is 61.4 Å². The summed E-state index contributed by atoms with van der Waals surface area (Å²) < 4.78 is 4.84. The molecule has 1 fully saturated rings. The lowest BCUT2D eigenvalue weighted by molar-refractivity contribution is 0.0600. The maximum Gasteiger partial charge on any atom is 0.338 e. The second-order valence-electron chi connectivity index (χ2n) is 6.12. The van der Waals surface area contributed by atoms with Gasteiger partial charge in [0, 0.05) is 11.7 Å². The fourth-order valence-corrected chi connectivity index (χ4v) is 3.35. The highest BCUT2D eigenvalue weighted by Crippen LogP contribution is 2.30. The first-order chi connectivity index (χ1) is 10.2. The number of carbonyl (C=O) groups is 1. The number of ether oxygens (including phenoxy) is 1. The van der Waals surface area contributed by atoms with Crippen molar-refractivity contribution < 1.29 is 9.53 Å². The molecule has 1 aromatic carbocycles. The lowest BCUT2D eigenvalue weighted by Gasteiger charge is -2.30. The summed E-state index contributed by atoms with van der Waals surface area (Å²) in [7, 11) is 1.43. The zero-order chi connectivity index (χ0) is 15.2. The average molecular weight is 289 g/mol. The Balaban J connectivity index is 1.99.